The smallest absolute Gasteiger partial charge is 0.296 e. The Kier molecular flexibility index (Phi) is 5.58. The maximum atomic E-state index is 13.5. The number of benzene rings is 2. The van der Waals surface area contributed by atoms with Crippen LogP contribution in [0.2, 0.25) is 0 Å². The van der Waals surface area contributed by atoms with Gasteiger partial charge in [-0.2, -0.15) is 0 Å². The molecule has 31 heavy (non-hydrogen) atoms. The van der Waals surface area contributed by atoms with Gasteiger partial charge in [-0.15, -0.1) is 0 Å². The third kappa shape index (κ3) is 3.94. The number of amides is 1. The van der Waals surface area contributed by atoms with Crippen LogP contribution in [0.5, 0.6) is 5.75 Å². The highest BCUT2D eigenvalue weighted by Gasteiger charge is 2.46. The molecule has 158 valence electrons. The summed E-state index contributed by atoms with van der Waals surface area (Å²) in [6.07, 6.45) is 1.47. The Hall–Kier alpha value is -3.87. The minimum Gasteiger partial charge on any atom is -0.507 e. The van der Waals surface area contributed by atoms with Crippen molar-refractivity contribution in [2.45, 2.75) is 19.5 Å². The molecular weight excluding hydrogens is 401 g/mol. The first-order chi connectivity index (χ1) is 15.0. The summed E-state index contributed by atoms with van der Waals surface area (Å²) in [5.41, 5.74) is 0.804. The van der Waals surface area contributed by atoms with Crippen LogP contribution in [0.25, 0.3) is 5.76 Å². The van der Waals surface area contributed by atoms with Gasteiger partial charge in [-0.1, -0.05) is 12.1 Å². The van der Waals surface area contributed by atoms with E-state index in [2.05, 4.69) is 0 Å². The van der Waals surface area contributed by atoms with Crippen LogP contribution >= 0.6 is 0 Å². The second-order valence-corrected chi connectivity index (χ2v) is 7.02. The molecule has 0 bridgehead atoms. The zero-order valence-corrected chi connectivity index (χ0v) is 16.7. The number of carbonyl (C=O) groups excluding carboxylic acids is 2. The number of aliphatic hydroxyl groups excluding tert-OH is 1. The van der Waals surface area contributed by atoms with E-state index in [-0.39, 0.29) is 17.9 Å². The molecule has 0 spiro atoms. The molecule has 7 heteroatoms. The van der Waals surface area contributed by atoms with Crippen LogP contribution in [-0.4, -0.2) is 28.3 Å². The number of hydrogen-bond donors (Lipinski definition) is 1. The number of halogens is 1. The monoisotopic (exact) mass is 421 g/mol. The summed E-state index contributed by atoms with van der Waals surface area (Å²) in [5, 5.41) is 11.0. The average molecular weight is 421 g/mol. The van der Waals surface area contributed by atoms with Gasteiger partial charge < -0.3 is 19.2 Å². The molecule has 2 heterocycles. The predicted molar refractivity (Wildman–Crippen MR) is 111 cm³/mol. The average Bonchev–Trinajstić information content (AvgIpc) is 3.37. The lowest BCUT2D eigenvalue weighted by molar-refractivity contribution is -0.140. The van der Waals surface area contributed by atoms with Gasteiger partial charge in [0, 0.05) is 5.56 Å². The molecule has 1 fully saturated rings. The zero-order valence-electron chi connectivity index (χ0n) is 16.7. The van der Waals surface area contributed by atoms with Crippen LogP contribution in [0, 0.1) is 5.82 Å². The predicted octanol–water partition coefficient (Wildman–Crippen LogP) is 4.44. The van der Waals surface area contributed by atoms with Crippen molar-refractivity contribution in [3.8, 4) is 5.75 Å². The fraction of sp³-hybridized carbons (Fsp3) is 0.167. The number of ether oxygens (including phenoxy) is 1. The number of likely N-dealkylation sites (tertiary alicyclic amines) is 1. The van der Waals surface area contributed by atoms with Crippen molar-refractivity contribution in [3.05, 3.63) is 95.2 Å². The maximum Gasteiger partial charge on any atom is 0.296 e. The van der Waals surface area contributed by atoms with Crippen molar-refractivity contribution in [2.24, 2.45) is 0 Å². The molecule has 2 aromatic carbocycles. The van der Waals surface area contributed by atoms with Crippen molar-refractivity contribution in [1.82, 2.24) is 4.90 Å². The summed E-state index contributed by atoms with van der Waals surface area (Å²) in [4.78, 5) is 27.1. The topological polar surface area (TPSA) is 80.0 Å². The quantitative estimate of drug-likeness (QED) is 0.362. The zero-order chi connectivity index (χ0) is 22.0. The Bertz CT molecular complexity index is 1120. The van der Waals surface area contributed by atoms with E-state index in [0.717, 1.165) is 0 Å². The number of ketones is 1. The fourth-order valence-electron chi connectivity index (χ4n) is 3.64. The number of furan rings is 1. The molecule has 3 aromatic rings. The highest BCUT2D eigenvalue weighted by atomic mass is 19.1. The standard InChI is InChI=1S/C24H20FNO5/c1-2-30-18-11-7-16(8-12-18)22(27)20-21(15-5-9-17(25)10-6-15)26(24(29)23(20)28)14-19-4-3-13-31-19/h3-13,21,27H,2,14H2,1H3/b22-20+. The SMILES string of the molecule is CCOc1ccc(/C(O)=C2\C(=O)C(=O)N(Cc3ccco3)C2c2ccc(F)cc2)cc1. The van der Waals surface area contributed by atoms with Crippen LogP contribution in [0.3, 0.4) is 0 Å². The molecule has 1 aliphatic rings. The van der Waals surface area contributed by atoms with Crippen LogP contribution in [-0.2, 0) is 16.1 Å². The second-order valence-electron chi connectivity index (χ2n) is 7.02. The highest BCUT2D eigenvalue weighted by molar-refractivity contribution is 6.46. The number of carbonyl (C=O) groups is 2. The summed E-state index contributed by atoms with van der Waals surface area (Å²) in [7, 11) is 0. The first-order valence-corrected chi connectivity index (χ1v) is 9.79. The molecule has 0 aliphatic carbocycles. The molecule has 1 saturated heterocycles. The van der Waals surface area contributed by atoms with Gasteiger partial charge in [0.2, 0.25) is 0 Å². The van der Waals surface area contributed by atoms with Crippen LogP contribution < -0.4 is 4.74 Å². The number of Topliss-reactive ketones (excluding diaryl/α,β-unsaturated/α-hetero) is 1. The molecule has 0 radical (unpaired) electrons. The summed E-state index contributed by atoms with van der Waals surface area (Å²) in [6.45, 7) is 2.38. The van der Waals surface area contributed by atoms with Crippen LogP contribution in [0.1, 0.15) is 29.9 Å². The molecule has 1 aliphatic heterocycles. The van der Waals surface area contributed by atoms with Gasteiger partial charge in [-0.3, -0.25) is 9.59 Å². The molecule has 0 saturated carbocycles. The molecular formula is C24H20FNO5. The number of hydrogen-bond acceptors (Lipinski definition) is 5. The van der Waals surface area contributed by atoms with Gasteiger partial charge in [0.25, 0.3) is 11.7 Å². The molecule has 1 atom stereocenters. The summed E-state index contributed by atoms with van der Waals surface area (Å²) < 4.78 is 24.3. The Balaban J connectivity index is 1.81. The van der Waals surface area contributed by atoms with Crippen molar-refractivity contribution >= 4 is 17.4 Å². The Morgan fingerprint density at radius 3 is 2.42 bits per heavy atom. The van der Waals surface area contributed by atoms with E-state index >= 15 is 0 Å². The van der Waals surface area contributed by atoms with Gasteiger partial charge in [0.1, 0.15) is 23.1 Å². The van der Waals surface area contributed by atoms with E-state index in [1.807, 2.05) is 6.92 Å². The second kappa shape index (κ2) is 8.47. The first-order valence-electron chi connectivity index (χ1n) is 9.79. The Morgan fingerprint density at radius 2 is 1.81 bits per heavy atom. The lowest BCUT2D eigenvalue weighted by Crippen LogP contribution is -2.29. The Labute approximate surface area is 178 Å². The van der Waals surface area contributed by atoms with Gasteiger partial charge in [0.15, 0.2) is 0 Å². The van der Waals surface area contributed by atoms with Crippen molar-refractivity contribution < 1.29 is 28.2 Å². The summed E-state index contributed by atoms with van der Waals surface area (Å²) in [6, 6.07) is 14.5. The van der Waals surface area contributed by atoms with Gasteiger partial charge in [-0.25, -0.2) is 4.39 Å². The molecule has 4 rings (SSSR count). The third-order valence-electron chi connectivity index (χ3n) is 5.07. The minimum atomic E-state index is -0.891. The number of nitrogens with zero attached hydrogens (tertiary/aromatic N) is 1. The van der Waals surface area contributed by atoms with Crippen LogP contribution in [0.15, 0.2) is 76.9 Å². The highest BCUT2D eigenvalue weighted by Crippen LogP contribution is 2.40. The van der Waals surface area contributed by atoms with E-state index < -0.39 is 23.5 Å². The number of aliphatic hydroxyl groups is 1. The van der Waals surface area contributed by atoms with Crippen molar-refractivity contribution in [1.29, 1.82) is 0 Å². The van der Waals surface area contributed by atoms with E-state index in [1.54, 1.807) is 36.4 Å². The van der Waals surface area contributed by atoms with Crippen molar-refractivity contribution in [3.63, 3.8) is 0 Å². The van der Waals surface area contributed by atoms with Gasteiger partial charge >= 0.3 is 0 Å². The first kappa shape index (κ1) is 20.4. The summed E-state index contributed by atoms with van der Waals surface area (Å²) >= 11 is 0. The largest absolute Gasteiger partial charge is 0.507 e. The minimum absolute atomic E-state index is 0.0275. The van der Waals surface area contributed by atoms with Gasteiger partial charge in [-0.05, 0) is 61.0 Å². The lowest BCUT2D eigenvalue weighted by atomic mass is 9.95. The van der Waals surface area contributed by atoms with E-state index in [4.69, 9.17) is 9.15 Å². The van der Waals surface area contributed by atoms with Crippen LogP contribution in [0.4, 0.5) is 4.39 Å². The molecule has 1 N–H and O–H groups in total. The van der Waals surface area contributed by atoms with Gasteiger partial charge in [0.05, 0.1) is 31.0 Å². The summed E-state index contributed by atoms with van der Waals surface area (Å²) in [5.74, 6) is -1.23. The van der Waals surface area contributed by atoms with E-state index in [0.29, 0.717) is 29.2 Å². The maximum absolute atomic E-state index is 13.5. The molecule has 1 unspecified atom stereocenters. The Morgan fingerprint density at radius 1 is 1.10 bits per heavy atom. The molecule has 1 amide bonds. The van der Waals surface area contributed by atoms with E-state index in [1.165, 1.54) is 35.4 Å². The van der Waals surface area contributed by atoms with Crippen molar-refractivity contribution in [2.75, 3.05) is 6.61 Å². The lowest BCUT2D eigenvalue weighted by Gasteiger charge is -2.24. The molecule has 1 aromatic heterocycles. The normalized spacial score (nSPS) is 17.9. The van der Waals surface area contributed by atoms with E-state index in [9.17, 15) is 19.1 Å². The fourth-order valence-corrected chi connectivity index (χ4v) is 3.64. The third-order valence-corrected chi connectivity index (χ3v) is 5.07. The molecule has 6 nitrogen and oxygen atoms in total. The number of rotatable bonds is 6.